The Morgan fingerprint density at radius 3 is 2.23 bits per heavy atom. The zero-order valence-corrected chi connectivity index (χ0v) is 14.2. The molecule has 2 rings (SSSR count). The van der Waals surface area contributed by atoms with Gasteiger partial charge in [-0.05, 0) is 42.9 Å². The third kappa shape index (κ3) is 4.97. The van der Waals surface area contributed by atoms with Gasteiger partial charge >= 0.3 is 0 Å². The molecule has 2 saturated carbocycles. The molecule has 0 aliphatic heterocycles. The summed E-state index contributed by atoms with van der Waals surface area (Å²) in [6.45, 7) is 6.12. The van der Waals surface area contributed by atoms with Crippen LogP contribution in [0.25, 0.3) is 0 Å². The lowest BCUT2D eigenvalue weighted by molar-refractivity contribution is -0.128. The maximum atomic E-state index is 12.1. The van der Waals surface area contributed by atoms with Crippen LogP contribution in [0.15, 0.2) is 0 Å². The molecule has 2 amide bonds. The van der Waals surface area contributed by atoms with Gasteiger partial charge in [-0.1, -0.05) is 27.2 Å². The number of fused-ring (bicyclic) bond motifs is 2. The highest BCUT2D eigenvalue weighted by atomic mass is 16.2. The molecule has 126 valence electrons. The van der Waals surface area contributed by atoms with Gasteiger partial charge in [0.1, 0.15) is 0 Å². The van der Waals surface area contributed by atoms with E-state index in [1.165, 1.54) is 6.42 Å². The lowest BCUT2D eigenvalue weighted by atomic mass is 9.67. The molecule has 2 aliphatic carbocycles. The molecule has 5 nitrogen and oxygen atoms in total. The average Bonchev–Trinajstić information content (AvgIpc) is 2.35. The summed E-state index contributed by atoms with van der Waals surface area (Å²) in [5.74, 6) is 0.890. The van der Waals surface area contributed by atoms with Crippen molar-refractivity contribution in [2.24, 2.45) is 23.0 Å². The lowest BCUT2D eigenvalue weighted by Crippen LogP contribution is -2.55. The highest BCUT2D eigenvalue weighted by Crippen LogP contribution is 2.39. The van der Waals surface area contributed by atoms with E-state index in [1.54, 1.807) is 0 Å². The Morgan fingerprint density at radius 2 is 1.68 bits per heavy atom. The molecule has 22 heavy (non-hydrogen) atoms. The Morgan fingerprint density at radius 1 is 1.09 bits per heavy atom. The first-order valence-electron chi connectivity index (χ1n) is 8.56. The van der Waals surface area contributed by atoms with Crippen LogP contribution in [-0.4, -0.2) is 30.4 Å². The van der Waals surface area contributed by atoms with Gasteiger partial charge in [-0.2, -0.15) is 0 Å². The second kappa shape index (κ2) is 6.99. The SMILES string of the molecule is CC(C)(C)CC(=O)NCC(=O)NC1C2CCCC1CC(N)C2. The van der Waals surface area contributed by atoms with Gasteiger partial charge in [-0.25, -0.2) is 0 Å². The van der Waals surface area contributed by atoms with Crippen LogP contribution in [0.2, 0.25) is 0 Å². The molecule has 0 aromatic carbocycles. The third-order valence-corrected chi connectivity index (χ3v) is 4.84. The highest BCUT2D eigenvalue weighted by Gasteiger charge is 2.39. The van der Waals surface area contributed by atoms with Crippen molar-refractivity contribution in [3.63, 3.8) is 0 Å². The molecule has 2 unspecified atom stereocenters. The van der Waals surface area contributed by atoms with Crippen LogP contribution in [0.4, 0.5) is 0 Å². The number of hydrogen-bond donors (Lipinski definition) is 3. The van der Waals surface area contributed by atoms with Crippen LogP contribution < -0.4 is 16.4 Å². The van der Waals surface area contributed by atoms with Crippen molar-refractivity contribution >= 4 is 11.8 Å². The Hall–Kier alpha value is -1.10. The summed E-state index contributed by atoms with van der Waals surface area (Å²) in [6.07, 6.45) is 6.02. The van der Waals surface area contributed by atoms with Crippen LogP contribution in [0, 0.1) is 17.3 Å². The first kappa shape index (κ1) is 17.3. The number of rotatable bonds is 4. The van der Waals surface area contributed by atoms with Gasteiger partial charge in [0.05, 0.1) is 6.54 Å². The molecular weight excluding hydrogens is 278 g/mol. The van der Waals surface area contributed by atoms with Crippen LogP contribution in [0.5, 0.6) is 0 Å². The first-order valence-corrected chi connectivity index (χ1v) is 8.56. The van der Waals surface area contributed by atoms with Crippen molar-refractivity contribution in [3.8, 4) is 0 Å². The average molecular weight is 309 g/mol. The van der Waals surface area contributed by atoms with E-state index in [-0.39, 0.29) is 35.9 Å². The smallest absolute Gasteiger partial charge is 0.239 e. The number of carbonyl (C=O) groups excluding carboxylic acids is 2. The summed E-state index contributed by atoms with van der Waals surface area (Å²) >= 11 is 0. The summed E-state index contributed by atoms with van der Waals surface area (Å²) in [5.41, 5.74) is 6.05. The van der Waals surface area contributed by atoms with Crippen LogP contribution in [0.3, 0.4) is 0 Å². The van der Waals surface area contributed by atoms with E-state index in [0.717, 1.165) is 25.7 Å². The van der Waals surface area contributed by atoms with Crippen molar-refractivity contribution in [2.45, 2.75) is 71.4 Å². The van der Waals surface area contributed by atoms with E-state index < -0.39 is 0 Å². The molecule has 2 atom stereocenters. The van der Waals surface area contributed by atoms with Crippen molar-refractivity contribution in [1.29, 1.82) is 0 Å². The number of carbonyl (C=O) groups is 2. The van der Waals surface area contributed by atoms with Gasteiger partial charge in [-0.3, -0.25) is 9.59 Å². The summed E-state index contributed by atoms with van der Waals surface area (Å²) in [7, 11) is 0. The van der Waals surface area contributed by atoms with E-state index in [4.69, 9.17) is 5.73 Å². The predicted octanol–water partition coefficient (Wildman–Crippen LogP) is 1.56. The van der Waals surface area contributed by atoms with Gasteiger partial charge in [0.25, 0.3) is 0 Å². The number of nitrogens with two attached hydrogens (primary N) is 1. The molecule has 0 saturated heterocycles. The molecular formula is C17H31N3O2. The van der Waals surface area contributed by atoms with Gasteiger partial charge in [-0.15, -0.1) is 0 Å². The van der Waals surface area contributed by atoms with Crippen LogP contribution >= 0.6 is 0 Å². The minimum Gasteiger partial charge on any atom is -0.351 e. The van der Waals surface area contributed by atoms with E-state index in [9.17, 15) is 9.59 Å². The van der Waals surface area contributed by atoms with Crippen molar-refractivity contribution < 1.29 is 9.59 Å². The number of hydrogen-bond acceptors (Lipinski definition) is 3. The minimum atomic E-state index is -0.0698. The predicted molar refractivity (Wildman–Crippen MR) is 87.1 cm³/mol. The fourth-order valence-electron chi connectivity index (χ4n) is 3.98. The maximum absolute atomic E-state index is 12.1. The van der Waals surface area contributed by atoms with Crippen LogP contribution in [0.1, 0.15) is 59.3 Å². The van der Waals surface area contributed by atoms with Crippen molar-refractivity contribution in [2.75, 3.05) is 6.54 Å². The van der Waals surface area contributed by atoms with E-state index in [1.807, 2.05) is 20.8 Å². The molecule has 2 aliphatic rings. The van der Waals surface area contributed by atoms with E-state index >= 15 is 0 Å². The second-order valence-electron chi connectivity index (χ2n) is 8.29. The third-order valence-electron chi connectivity index (χ3n) is 4.84. The summed E-state index contributed by atoms with van der Waals surface area (Å²) in [5, 5.41) is 5.88. The minimum absolute atomic E-state index is 0.0584. The highest BCUT2D eigenvalue weighted by molar-refractivity contribution is 5.85. The first-order chi connectivity index (χ1) is 10.2. The molecule has 2 fully saturated rings. The topological polar surface area (TPSA) is 84.2 Å². The zero-order chi connectivity index (χ0) is 16.3. The quantitative estimate of drug-likeness (QED) is 0.737. The van der Waals surface area contributed by atoms with E-state index in [0.29, 0.717) is 18.3 Å². The summed E-state index contributed by atoms with van der Waals surface area (Å²) < 4.78 is 0. The Kier molecular flexibility index (Phi) is 5.48. The van der Waals surface area contributed by atoms with Gasteiger partial charge in [0, 0.05) is 18.5 Å². The Bertz CT molecular complexity index is 403. The largest absolute Gasteiger partial charge is 0.351 e. The Balaban J connectivity index is 1.78. The van der Waals surface area contributed by atoms with Crippen molar-refractivity contribution in [3.05, 3.63) is 0 Å². The molecule has 0 heterocycles. The van der Waals surface area contributed by atoms with Gasteiger partial charge in [0.2, 0.25) is 11.8 Å². The molecule has 0 radical (unpaired) electrons. The van der Waals surface area contributed by atoms with E-state index in [2.05, 4.69) is 10.6 Å². The summed E-state index contributed by atoms with van der Waals surface area (Å²) in [6, 6.07) is 0.538. The maximum Gasteiger partial charge on any atom is 0.239 e. The van der Waals surface area contributed by atoms with Gasteiger partial charge in [0.15, 0.2) is 0 Å². The fourth-order valence-corrected chi connectivity index (χ4v) is 3.98. The monoisotopic (exact) mass is 309 g/mol. The zero-order valence-electron chi connectivity index (χ0n) is 14.2. The molecule has 0 aromatic heterocycles. The van der Waals surface area contributed by atoms with Crippen LogP contribution in [-0.2, 0) is 9.59 Å². The molecule has 5 heteroatoms. The second-order valence-corrected chi connectivity index (χ2v) is 8.29. The molecule has 0 spiro atoms. The standard InChI is InChI=1S/C17H31N3O2/c1-17(2,3)9-14(21)19-10-15(22)20-16-11-5-4-6-12(16)8-13(18)7-11/h11-13,16H,4-10,18H2,1-3H3,(H,19,21)(H,20,22). The molecule has 2 bridgehead atoms. The summed E-state index contributed by atoms with van der Waals surface area (Å²) in [4.78, 5) is 23.9. The Labute approximate surface area is 133 Å². The molecule has 0 aromatic rings. The number of nitrogens with one attached hydrogen (secondary N) is 2. The normalized spacial score (nSPS) is 31.5. The van der Waals surface area contributed by atoms with Gasteiger partial charge < -0.3 is 16.4 Å². The molecule has 4 N–H and O–H groups in total. The number of amides is 2. The lowest BCUT2D eigenvalue weighted by Gasteiger charge is -2.45. The van der Waals surface area contributed by atoms with Crippen molar-refractivity contribution in [1.82, 2.24) is 10.6 Å². The fraction of sp³-hybridized carbons (Fsp3) is 0.882.